The van der Waals surface area contributed by atoms with Crippen molar-refractivity contribution in [3.05, 3.63) is 46.5 Å². The molecule has 2 aromatic rings. The predicted molar refractivity (Wildman–Crippen MR) is 90.9 cm³/mol. The van der Waals surface area contributed by atoms with Crippen LogP contribution in [0.5, 0.6) is 0 Å². The molecule has 0 spiro atoms. The molecule has 1 aliphatic carbocycles. The van der Waals surface area contributed by atoms with E-state index in [0.717, 1.165) is 23.5 Å². The first kappa shape index (κ1) is 14.8. The van der Waals surface area contributed by atoms with Crippen molar-refractivity contribution in [1.82, 2.24) is 4.98 Å². The van der Waals surface area contributed by atoms with Gasteiger partial charge in [-0.05, 0) is 37.7 Å². The number of anilines is 1. The molecule has 1 saturated heterocycles. The van der Waals surface area contributed by atoms with Gasteiger partial charge in [0, 0.05) is 18.1 Å². The first-order valence-corrected chi connectivity index (χ1v) is 9.03. The second-order valence-electron chi connectivity index (χ2n) is 6.26. The largest absolute Gasteiger partial charge is 0.381 e. The topological polar surface area (TPSA) is 51.2 Å². The number of carbonyl (C=O) groups excluding carboxylic acids is 1. The van der Waals surface area contributed by atoms with Gasteiger partial charge >= 0.3 is 0 Å². The summed E-state index contributed by atoms with van der Waals surface area (Å²) in [5, 5.41) is 3.84. The van der Waals surface area contributed by atoms with Crippen molar-refractivity contribution < 1.29 is 9.53 Å². The number of ether oxygens (including phenoxy) is 1. The molecule has 1 N–H and O–H groups in total. The van der Waals surface area contributed by atoms with Crippen molar-refractivity contribution in [2.45, 2.75) is 37.5 Å². The number of nitrogens with zero attached hydrogens (tertiary/aromatic N) is 1. The van der Waals surface area contributed by atoms with Crippen LogP contribution < -0.4 is 5.32 Å². The zero-order valence-electron chi connectivity index (χ0n) is 13.0. The number of nitrogens with one attached hydrogen (secondary N) is 1. The van der Waals surface area contributed by atoms with Crippen molar-refractivity contribution >= 4 is 22.4 Å². The Kier molecular flexibility index (Phi) is 3.91. The van der Waals surface area contributed by atoms with Gasteiger partial charge < -0.3 is 10.1 Å². The van der Waals surface area contributed by atoms with Gasteiger partial charge in [0.1, 0.15) is 0 Å². The molecule has 1 aliphatic heterocycles. The fourth-order valence-electron chi connectivity index (χ4n) is 3.58. The monoisotopic (exact) mass is 328 g/mol. The van der Waals surface area contributed by atoms with Crippen molar-refractivity contribution in [3.8, 4) is 0 Å². The quantitative estimate of drug-likeness (QED) is 0.940. The first-order chi connectivity index (χ1) is 11.3. The van der Waals surface area contributed by atoms with Crippen LogP contribution in [0.25, 0.3) is 0 Å². The maximum Gasteiger partial charge on any atom is 0.236 e. The van der Waals surface area contributed by atoms with Crippen LogP contribution >= 0.6 is 11.3 Å². The van der Waals surface area contributed by atoms with Gasteiger partial charge in [-0.3, -0.25) is 4.79 Å². The summed E-state index contributed by atoms with van der Waals surface area (Å²) in [6.07, 6.45) is 4.76. The number of aromatic nitrogens is 1. The SMILES string of the molecule is O=C(Nc1nc2c(s1)CCC2)C1(c2ccccc2)CCOCC1. The summed E-state index contributed by atoms with van der Waals surface area (Å²) >= 11 is 1.63. The second kappa shape index (κ2) is 6.06. The molecule has 1 amide bonds. The van der Waals surface area contributed by atoms with Crippen LogP contribution in [-0.4, -0.2) is 24.1 Å². The highest BCUT2D eigenvalue weighted by Crippen LogP contribution is 2.37. The number of amides is 1. The van der Waals surface area contributed by atoms with E-state index in [1.807, 2.05) is 30.3 Å². The lowest BCUT2D eigenvalue weighted by Crippen LogP contribution is -2.44. The highest BCUT2D eigenvalue weighted by Gasteiger charge is 2.42. The Bertz CT molecular complexity index is 684. The lowest BCUT2D eigenvalue weighted by Gasteiger charge is -2.35. The number of aryl methyl sites for hydroxylation is 2. The Morgan fingerprint density at radius 3 is 2.70 bits per heavy atom. The lowest BCUT2D eigenvalue weighted by atomic mass is 9.73. The molecule has 1 fully saturated rings. The summed E-state index contributed by atoms with van der Waals surface area (Å²) in [5.41, 5.74) is 1.74. The number of benzene rings is 1. The first-order valence-electron chi connectivity index (χ1n) is 8.21. The minimum absolute atomic E-state index is 0.0550. The van der Waals surface area contributed by atoms with Crippen molar-refractivity contribution in [2.75, 3.05) is 18.5 Å². The van der Waals surface area contributed by atoms with Crippen LogP contribution in [0.15, 0.2) is 30.3 Å². The minimum atomic E-state index is -0.504. The van der Waals surface area contributed by atoms with Gasteiger partial charge in [-0.15, -0.1) is 11.3 Å². The van der Waals surface area contributed by atoms with Gasteiger partial charge in [-0.2, -0.15) is 0 Å². The van der Waals surface area contributed by atoms with Gasteiger partial charge in [-0.1, -0.05) is 30.3 Å². The van der Waals surface area contributed by atoms with Crippen LogP contribution in [0, 0.1) is 0 Å². The standard InChI is InChI=1S/C18H20N2O2S/c21-16(20-17-19-14-7-4-8-15(14)23-17)18(9-11-22-12-10-18)13-5-2-1-3-6-13/h1-3,5-6H,4,7-12H2,(H,19,20,21). The van der Waals surface area contributed by atoms with Gasteiger partial charge in [0.15, 0.2) is 5.13 Å². The smallest absolute Gasteiger partial charge is 0.236 e. The van der Waals surface area contributed by atoms with E-state index < -0.39 is 5.41 Å². The molecule has 0 atom stereocenters. The van der Waals surface area contributed by atoms with E-state index in [9.17, 15) is 4.79 Å². The average molecular weight is 328 g/mol. The molecule has 0 bridgehead atoms. The van der Waals surface area contributed by atoms with Gasteiger partial charge in [-0.25, -0.2) is 4.98 Å². The van der Waals surface area contributed by atoms with Crippen LogP contribution in [0.2, 0.25) is 0 Å². The Morgan fingerprint density at radius 1 is 1.17 bits per heavy atom. The maximum atomic E-state index is 13.1. The lowest BCUT2D eigenvalue weighted by molar-refractivity contribution is -0.125. The molecule has 1 aromatic carbocycles. The van der Waals surface area contributed by atoms with Crippen molar-refractivity contribution in [2.24, 2.45) is 0 Å². The average Bonchev–Trinajstić information content (AvgIpc) is 3.17. The molecule has 0 radical (unpaired) electrons. The third kappa shape index (κ3) is 2.68. The van der Waals surface area contributed by atoms with Crippen LogP contribution in [0.1, 0.15) is 35.4 Å². The Hall–Kier alpha value is -1.72. The third-order valence-corrected chi connectivity index (χ3v) is 6.00. The molecule has 0 unspecified atom stereocenters. The highest BCUT2D eigenvalue weighted by atomic mass is 32.1. The molecular formula is C18H20N2O2S. The summed E-state index contributed by atoms with van der Waals surface area (Å²) in [6, 6.07) is 10.1. The highest BCUT2D eigenvalue weighted by molar-refractivity contribution is 7.15. The van der Waals surface area contributed by atoms with Gasteiger partial charge in [0.25, 0.3) is 0 Å². The molecule has 4 rings (SSSR count). The number of rotatable bonds is 3. The molecular weight excluding hydrogens is 308 g/mol. The summed E-state index contributed by atoms with van der Waals surface area (Å²) in [6.45, 7) is 1.24. The maximum absolute atomic E-state index is 13.1. The fourth-order valence-corrected chi connectivity index (χ4v) is 4.63. The molecule has 23 heavy (non-hydrogen) atoms. The van der Waals surface area contributed by atoms with Gasteiger partial charge in [0.05, 0.1) is 11.1 Å². The van der Waals surface area contributed by atoms with E-state index in [1.54, 1.807) is 11.3 Å². The molecule has 120 valence electrons. The Balaban J connectivity index is 1.62. The van der Waals surface area contributed by atoms with E-state index in [4.69, 9.17) is 4.74 Å². The number of carbonyl (C=O) groups is 1. The van der Waals surface area contributed by atoms with E-state index in [1.165, 1.54) is 17.0 Å². The van der Waals surface area contributed by atoms with Crippen molar-refractivity contribution in [3.63, 3.8) is 0 Å². The Morgan fingerprint density at radius 2 is 1.96 bits per heavy atom. The number of thiazole rings is 1. The predicted octanol–water partition coefficient (Wildman–Crippen LogP) is 3.32. The van der Waals surface area contributed by atoms with E-state index in [-0.39, 0.29) is 5.91 Å². The van der Waals surface area contributed by atoms with Crippen LogP contribution in [0.3, 0.4) is 0 Å². The van der Waals surface area contributed by atoms with E-state index in [2.05, 4.69) is 10.3 Å². The minimum Gasteiger partial charge on any atom is -0.381 e. The second-order valence-corrected chi connectivity index (χ2v) is 7.34. The molecule has 4 nitrogen and oxygen atoms in total. The van der Waals surface area contributed by atoms with E-state index in [0.29, 0.717) is 26.1 Å². The summed E-state index contributed by atoms with van der Waals surface area (Å²) in [7, 11) is 0. The number of fused-ring (bicyclic) bond motifs is 1. The fraction of sp³-hybridized carbons (Fsp3) is 0.444. The summed E-state index contributed by atoms with van der Waals surface area (Å²) < 4.78 is 5.50. The normalized spacial score (nSPS) is 19.3. The van der Waals surface area contributed by atoms with Crippen LogP contribution in [-0.2, 0) is 27.8 Å². The van der Waals surface area contributed by atoms with Gasteiger partial charge in [0.2, 0.25) is 5.91 Å². The Labute approximate surface area is 139 Å². The third-order valence-electron chi connectivity index (χ3n) is 4.92. The molecule has 2 heterocycles. The molecule has 0 saturated carbocycles. The molecule has 1 aromatic heterocycles. The number of hydrogen-bond donors (Lipinski definition) is 1. The van der Waals surface area contributed by atoms with Crippen LogP contribution in [0.4, 0.5) is 5.13 Å². The van der Waals surface area contributed by atoms with E-state index >= 15 is 0 Å². The summed E-state index contributed by atoms with van der Waals surface area (Å²) in [5.74, 6) is 0.0550. The zero-order valence-corrected chi connectivity index (χ0v) is 13.8. The van der Waals surface area contributed by atoms with Crippen molar-refractivity contribution in [1.29, 1.82) is 0 Å². The molecule has 2 aliphatic rings. The number of hydrogen-bond acceptors (Lipinski definition) is 4. The molecule has 5 heteroatoms. The zero-order chi connectivity index (χ0) is 15.7. The summed E-state index contributed by atoms with van der Waals surface area (Å²) in [4.78, 5) is 19.1.